The molecule has 3 rings (SSSR count). The molecule has 0 bridgehead atoms. The second kappa shape index (κ2) is 10.5. The number of carboxylic acid groups (broad SMARTS) is 1. The van der Waals surface area contributed by atoms with E-state index in [1.54, 1.807) is 17.6 Å². The first-order valence-corrected chi connectivity index (χ1v) is 12.0. The topological polar surface area (TPSA) is 110 Å². The maximum absolute atomic E-state index is 13.2. The Morgan fingerprint density at radius 3 is 2.52 bits per heavy atom. The largest absolute Gasteiger partial charge is 0.480 e. The third kappa shape index (κ3) is 5.13. The highest BCUT2D eigenvalue weighted by atomic mass is 32.2. The zero-order valence-corrected chi connectivity index (χ0v) is 20.6. The van der Waals surface area contributed by atoms with Gasteiger partial charge in [0.05, 0.1) is 4.91 Å². The van der Waals surface area contributed by atoms with Gasteiger partial charge in [-0.3, -0.25) is 23.9 Å². The zero-order valence-electron chi connectivity index (χ0n) is 19.0. The van der Waals surface area contributed by atoms with E-state index in [2.05, 4.69) is 9.80 Å². The van der Waals surface area contributed by atoms with Crippen LogP contribution in [0.15, 0.2) is 9.70 Å². The van der Waals surface area contributed by atoms with Gasteiger partial charge in [0.25, 0.3) is 11.5 Å². The van der Waals surface area contributed by atoms with Crippen molar-refractivity contribution in [2.24, 2.45) is 0 Å². The monoisotopic (exact) mass is 489 g/mol. The number of hydrogen-bond donors (Lipinski definition) is 1. The van der Waals surface area contributed by atoms with Crippen molar-refractivity contribution in [1.29, 1.82) is 5.26 Å². The predicted molar refractivity (Wildman–Crippen MR) is 132 cm³/mol. The summed E-state index contributed by atoms with van der Waals surface area (Å²) in [6.45, 7) is 6.76. The highest BCUT2D eigenvalue weighted by molar-refractivity contribution is 8.26. The number of aromatic nitrogens is 1. The standard InChI is InChI=1S/C22H27N5O4S2/c1-4-5-6-26-19(25-9-7-24(3)8-10-25)15(14(2)16(12-23)20(26)30)11-17-21(31)27(13-18(28)29)22(32)33-17/h11H,4-10,13H2,1-3H3,(H,28,29)/b17-11+. The maximum atomic E-state index is 13.2. The number of likely N-dealkylation sites (N-methyl/N-ethyl adjacent to an activating group) is 1. The molecule has 0 aliphatic carbocycles. The molecule has 2 aliphatic heterocycles. The highest BCUT2D eigenvalue weighted by Gasteiger charge is 2.34. The molecule has 2 fully saturated rings. The number of anilines is 1. The summed E-state index contributed by atoms with van der Waals surface area (Å²) in [5, 5.41) is 18.9. The molecular formula is C22H27N5O4S2. The van der Waals surface area contributed by atoms with Crippen LogP contribution in [-0.4, -0.2) is 75.4 Å². The Bertz CT molecular complexity index is 1110. The molecule has 1 amide bonds. The summed E-state index contributed by atoms with van der Waals surface area (Å²) in [6.07, 6.45) is 3.31. The first-order chi connectivity index (χ1) is 15.7. The molecule has 0 atom stereocenters. The molecule has 0 saturated carbocycles. The van der Waals surface area contributed by atoms with E-state index >= 15 is 0 Å². The summed E-state index contributed by atoms with van der Waals surface area (Å²) in [5.41, 5.74) is 0.861. The number of pyridine rings is 1. The van der Waals surface area contributed by atoms with Gasteiger partial charge >= 0.3 is 5.97 Å². The summed E-state index contributed by atoms with van der Waals surface area (Å²) in [6, 6.07) is 2.04. The van der Waals surface area contributed by atoms with E-state index in [0.29, 0.717) is 36.6 Å². The number of nitriles is 1. The molecule has 1 aromatic rings. The van der Waals surface area contributed by atoms with Gasteiger partial charge in [0, 0.05) is 38.3 Å². The Morgan fingerprint density at radius 1 is 1.27 bits per heavy atom. The number of amides is 1. The molecule has 1 aromatic heterocycles. The molecule has 0 radical (unpaired) electrons. The lowest BCUT2D eigenvalue weighted by Gasteiger charge is -2.36. The zero-order chi connectivity index (χ0) is 24.3. The fraction of sp³-hybridized carbons (Fsp3) is 0.500. The van der Waals surface area contributed by atoms with Gasteiger partial charge in [0.1, 0.15) is 28.3 Å². The number of rotatable bonds is 7. The van der Waals surface area contributed by atoms with E-state index in [1.807, 2.05) is 20.0 Å². The van der Waals surface area contributed by atoms with Gasteiger partial charge in [-0.05, 0) is 32.0 Å². The second-order valence-electron chi connectivity index (χ2n) is 8.11. The average molecular weight is 490 g/mol. The molecule has 0 aromatic carbocycles. The first kappa shape index (κ1) is 25.0. The number of carbonyl (C=O) groups is 2. The van der Waals surface area contributed by atoms with Crippen molar-refractivity contribution >= 4 is 52.1 Å². The van der Waals surface area contributed by atoms with E-state index < -0.39 is 18.4 Å². The van der Waals surface area contributed by atoms with Crippen LogP contribution >= 0.6 is 24.0 Å². The molecule has 0 spiro atoms. The second-order valence-corrected chi connectivity index (χ2v) is 9.79. The van der Waals surface area contributed by atoms with Gasteiger partial charge in [-0.2, -0.15) is 5.26 Å². The van der Waals surface area contributed by atoms with Crippen LogP contribution in [0.2, 0.25) is 0 Å². The molecule has 0 unspecified atom stereocenters. The van der Waals surface area contributed by atoms with Crippen molar-refractivity contribution in [3.8, 4) is 6.07 Å². The number of carbonyl (C=O) groups excluding carboxylic acids is 1. The molecule has 2 saturated heterocycles. The lowest BCUT2D eigenvalue weighted by atomic mass is 10.0. The number of thiocarbonyl (C=S) groups is 1. The Kier molecular flexibility index (Phi) is 7.94. The van der Waals surface area contributed by atoms with Crippen molar-refractivity contribution in [2.45, 2.75) is 33.2 Å². The van der Waals surface area contributed by atoms with Gasteiger partial charge < -0.3 is 14.9 Å². The summed E-state index contributed by atoms with van der Waals surface area (Å²) >= 11 is 6.26. The number of aliphatic carboxylic acids is 1. The normalized spacial score (nSPS) is 18.3. The van der Waals surface area contributed by atoms with Crippen LogP contribution in [0, 0.1) is 18.3 Å². The minimum atomic E-state index is -1.15. The molecule has 9 nitrogen and oxygen atoms in total. The van der Waals surface area contributed by atoms with Crippen molar-refractivity contribution in [3.63, 3.8) is 0 Å². The fourth-order valence-electron chi connectivity index (χ4n) is 3.93. The van der Waals surface area contributed by atoms with Gasteiger partial charge in [0.2, 0.25) is 0 Å². The predicted octanol–water partition coefficient (Wildman–Crippen LogP) is 1.87. The van der Waals surface area contributed by atoms with Crippen molar-refractivity contribution in [1.82, 2.24) is 14.4 Å². The van der Waals surface area contributed by atoms with Crippen LogP contribution in [-0.2, 0) is 16.1 Å². The van der Waals surface area contributed by atoms with Crippen molar-refractivity contribution < 1.29 is 14.7 Å². The molecule has 3 heterocycles. The molecule has 2 aliphatic rings. The van der Waals surface area contributed by atoms with Crippen molar-refractivity contribution in [2.75, 3.05) is 44.7 Å². The van der Waals surface area contributed by atoms with Gasteiger partial charge in [-0.15, -0.1) is 0 Å². The smallest absolute Gasteiger partial charge is 0.323 e. The fourth-order valence-corrected chi connectivity index (χ4v) is 5.17. The molecule has 176 valence electrons. The Morgan fingerprint density at radius 2 is 1.94 bits per heavy atom. The van der Waals surface area contributed by atoms with E-state index in [9.17, 15) is 19.6 Å². The van der Waals surface area contributed by atoms with Crippen molar-refractivity contribution in [3.05, 3.63) is 31.9 Å². The van der Waals surface area contributed by atoms with Gasteiger partial charge in [-0.1, -0.05) is 37.3 Å². The highest BCUT2D eigenvalue weighted by Crippen LogP contribution is 2.36. The van der Waals surface area contributed by atoms with Crippen LogP contribution in [0.3, 0.4) is 0 Å². The summed E-state index contributed by atoms with van der Waals surface area (Å²) in [7, 11) is 2.04. The number of thioether (sulfide) groups is 1. The average Bonchev–Trinajstić information content (AvgIpc) is 3.03. The van der Waals surface area contributed by atoms with Crippen LogP contribution in [0.25, 0.3) is 6.08 Å². The first-order valence-electron chi connectivity index (χ1n) is 10.8. The minimum Gasteiger partial charge on any atom is -0.480 e. The van der Waals surface area contributed by atoms with E-state index in [4.69, 9.17) is 17.3 Å². The van der Waals surface area contributed by atoms with E-state index in [-0.39, 0.29) is 20.3 Å². The van der Waals surface area contributed by atoms with Crippen LogP contribution in [0.5, 0.6) is 0 Å². The molecule has 11 heteroatoms. The lowest BCUT2D eigenvalue weighted by molar-refractivity contribution is -0.140. The Hall–Kier alpha value is -2.68. The number of piperazine rings is 1. The van der Waals surface area contributed by atoms with E-state index in [0.717, 1.165) is 42.6 Å². The molecule has 33 heavy (non-hydrogen) atoms. The molecule has 1 N–H and O–H groups in total. The number of unbranched alkanes of at least 4 members (excludes halogenated alkanes) is 1. The number of nitrogens with zero attached hydrogens (tertiary/aromatic N) is 5. The number of hydrogen-bond acceptors (Lipinski definition) is 8. The summed E-state index contributed by atoms with van der Waals surface area (Å²) in [5.74, 6) is -0.941. The Balaban J connectivity index is 2.21. The molecular weight excluding hydrogens is 462 g/mol. The number of carboxylic acids is 1. The van der Waals surface area contributed by atoms with Crippen LogP contribution in [0.1, 0.15) is 36.5 Å². The third-order valence-electron chi connectivity index (χ3n) is 5.83. The van der Waals surface area contributed by atoms with Gasteiger partial charge in [-0.25, -0.2) is 0 Å². The third-order valence-corrected chi connectivity index (χ3v) is 7.20. The lowest BCUT2D eigenvalue weighted by Crippen LogP contribution is -2.47. The van der Waals surface area contributed by atoms with Crippen LogP contribution < -0.4 is 10.5 Å². The maximum Gasteiger partial charge on any atom is 0.323 e. The SMILES string of the molecule is CCCCn1c(N2CCN(C)CC2)c(/C=C2/SC(=S)N(CC(=O)O)C2=O)c(C)c(C#N)c1=O. The quantitative estimate of drug-likeness (QED) is 0.453. The minimum absolute atomic E-state index is 0.0521. The van der Waals surface area contributed by atoms with Gasteiger partial charge in [0.15, 0.2) is 0 Å². The van der Waals surface area contributed by atoms with Crippen LogP contribution in [0.4, 0.5) is 5.82 Å². The summed E-state index contributed by atoms with van der Waals surface area (Å²) in [4.78, 5) is 43.0. The Labute approximate surface area is 202 Å². The summed E-state index contributed by atoms with van der Waals surface area (Å²) < 4.78 is 1.83. The van der Waals surface area contributed by atoms with E-state index in [1.165, 1.54) is 0 Å².